The summed E-state index contributed by atoms with van der Waals surface area (Å²) in [5.74, 6) is 0.605. The van der Waals surface area contributed by atoms with Crippen LogP contribution in [0.25, 0.3) is 0 Å². The highest BCUT2D eigenvalue weighted by atomic mass is 32.1. The predicted octanol–water partition coefficient (Wildman–Crippen LogP) is 3.39. The molecule has 0 radical (unpaired) electrons. The first-order valence-corrected chi connectivity index (χ1v) is 8.95. The minimum Gasteiger partial charge on any atom is -0.492 e. The quantitative estimate of drug-likeness (QED) is 0.674. The minimum atomic E-state index is -0.195. The summed E-state index contributed by atoms with van der Waals surface area (Å²) in [6, 6.07) is 11.2. The molecule has 2 aromatic rings. The molecule has 134 valence electrons. The second-order valence-corrected chi connectivity index (χ2v) is 5.99. The van der Waals surface area contributed by atoms with Crippen LogP contribution in [0.5, 0.6) is 5.75 Å². The Hall–Kier alpha value is -2.18. The van der Waals surface area contributed by atoms with Crippen molar-refractivity contribution in [2.75, 3.05) is 26.2 Å². The summed E-state index contributed by atoms with van der Waals surface area (Å²) < 4.78 is 6.35. The molecule has 0 spiro atoms. The van der Waals surface area contributed by atoms with Gasteiger partial charge >= 0.3 is 0 Å². The van der Waals surface area contributed by atoms with Gasteiger partial charge in [0.1, 0.15) is 17.0 Å². The van der Waals surface area contributed by atoms with E-state index >= 15 is 0 Å². The molecule has 0 unspecified atom stereocenters. The molecule has 5 nitrogen and oxygen atoms in total. The van der Waals surface area contributed by atoms with Crippen LogP contribution in [-0.2, 0) is 6.54 Å². The highest BCUT2D eigenvalue weighted by Crippen LogP contribution is 2.18. The van der Waals surface area contributed by atoms with Gasteiger partial charge in [0.25, 0.3) is 5.91 Å². The van der Waals surface area contributed by atoms with E-state index in [1.165, 1.54) is 0 Å². The summed E-state index contributed by atoms with van der Waals surface area (Å²) in [5.41, 5.74) is 1.42. The average Bonchev–Trinajstić information content (AvgIpc) is 2.64. The van der Waals surface area contributed by atoms with E-state index in [9.17, 15) is 4.79 Å². The van der Waals surface area contributed by atoms with Gasteiger partial charge < -0.3 is 19.9 Å². The van der Waals surface area contributed by atoms with Crippen LogP contribution in [0.1, 0.15) is 29.8 Å². The van der Waals surface area contributed by atoms with Gasteiger partial charge in [-0.05, 0) is 31.3 Å². The topological polar surface area (TPSA) is 57.4 Å². The van der Waals surface area contributed by atoms with E-state index in [0.29, 0.717) is 23.4 Å². The molecule has 25 heavy (non-hydrogen) atoms. The number of nitrogens with one attached hydrogen (secondary N) is 2. The van der Waals surface area contributed by atoms with Gasteiger partial charge in [0.15, 0.2) is 0 Å². The maximum atomic E-state index is 12.3. The number of hydrogen-bond donors (Lipinski definition) is 2. The van der Waals surface area contributed by atoms with E-state index in [-0.39, 0.29) is 5.91 Å². The van der Waals surface area contributed by atoms with Gasteiger partial charge in [0.2, 0.25) is 0 Å². The molecule has 1 heterocycles. The van der Waals surface area contributed by atoms with Crippen molar-refractivity contribution in [1.29, 1.82) is 0 Å². The Morgan fingerprint density at radius 3 is 2.68 bits per heavy atom. The number of amides is 1. The number of hydrogen-bond acceptors (Lipinski definition) is 4. The lowest BCUT2D eigenvalue weighted by Gasteiger charge is -2.19. The van der Waals surface area contributed by atoms with Crippen LogP contribution in [-0.4, -0.2) is 42.0 Å². The molecule has 2 rings (SSSR count). The standard InChI is InChI=1S/C19H25N3O2S/c1-3-22(4-2)12-13-24-17-10-6-5-8-15(17)14-21-18(23)16-9-7-11-20-19(16)25/h5-11H,3-4,12-14H2,1-2H3,(H,20,25)(H,21,23). The summed E-state index contributed by atoms with van der Waals surface area (Å²) in [6.45, 7) is 8.19. The maximum absolute atomic E-state index is 12.3. The van der Waals surface area contributed by atoms with E-state index in [4.69, 9.17) is 17.0 Å². The largest absolute Gasteiger partial charge is 0.492 e. The Balaban J connectivity index is 1.95. The zero-order valence-corrected chi connectivity index (χ0v) is 15.6. The minimum absolute atomic E-state index is 0.195. The number of pyridine rings is 1. The Bertz CT molecular complexity index is 741. The lowest BCUT2D eigenvalue weighted by Crippen LogP contribution is -2.28. The summed E-state index contributed by atoms with van der Waals surface area (Å²) in [6.07, 6.45) is 1.71. The van der Waals surface area contributed by atoms with E-state index in [2.05, 4.69) is 29.0 Å². The summed E-state index contributed by atoms with van der Waals surface area (Å²) in [5, 5.41) is 2.90. The van der Waals surface area contributed by atoms with Crippen molar-refractivity contribution in [3.8, 4) is 5.75 Å². The Labute approximate surface area is 154 Å². The van der Waals surface area contributed by atoms with Gasteiger partial charge in [-0.2, -0.15) is 0 Å². The number of ether oxygens (including phenoxy) is 1. The maximum Gasteiger partial charge on any atom is 0.254 e. The first-order chi connectivity index (χ1) is 12.2. The molecular weight excluding hydrogens is 334 g/mol. The molecule has 0 bridgehead atoms. The fourth-order valence-corrected chi connectivity index (χ4v) is 2.72. The molecule has 1 amide bonds. The van der Waals surface area contributed by atoms with E-state index in [1.54, 1.807) is 18.3 Å². The molecule has 6 heteroatoms. The van der Waals surface area contributed by atoms with Crippen LogP contribution in [0.15, 0.2) is 42.6 Å². The van der Waals surface area contributed by atoms with Gasteiger partial charge in [-0.25, -0.2) is 0 Å². The van der Waals surface area contributed by atoms with Crippen molar-refractivity contribution in [2.45, 2.75) is 20.4 Å². The smallest absolute Gasteiger partial charge is 0.254 e. The van der Waals surface area contributed by atoms with E-state index in [0.717, 1.165) is 30.9 Å². The summed E-state index contributed by atoms with van der Waals surface area (Å²) >= 11 is 5.14. The molecule has 2 N–H and O–H groups in total. The van der Waals surface area contributed by atoms with Gasteiger partial charge in [0, 0.05) is 24.8 Å². The normalized spacial score (nSPS) is 10.7. The van der Waals surface area contributed by atoms with Crippen LogP contribution < -0.4 is 10.1 Å². The Kier molecular flexibility index (Phi) is 7.63. The highest BCUT2D eigenvalue weighted by Gasteiger charge is 2.09. The fraction of sp³-hybridized carbons (Fsp3) is 0.368. The van der Waals surface area contributed by atoms with Crippen LogP contribution in [0.3, 0.4) is 0 Å². The zero-order chi connectivity index (χ0) is 18.1. The number of H-pyrrole nitrogens is 1. The van der Waals surface area contributed by atoms with E-state index in [1.807, 2.05) is 24.3 Å². The predicted molar refractivity (Wildman–Crippen MR) is 103 cm³/mol. The molecule has 0 aliphatic heterocycles. The average molecular weight is 359 g/mol. The second kappa shape index (κ2) is 9.96. The van der Waals surface area contributed by atoms with Gasteiger partial charge in [-0.3, -0.25) is 4.79 Å². The molecule has 1 aromatic heterocycles. The van der Waals surface area contributed by atoms with Crippen LogP contribution in [0.2, 0.25) is 0 Å². The van der Waals surface area contributed by atoms with Gasteiger partial charge in [0.05, 0.1) is 5.56 Å². The van der Waals surface area contributed by atoms with Crippen LogP contribution in [0.4, 0.5) is 0 Å². The number of carbonyl (C=O) groups is 1. The van der Waals surface area contributed by atoms with Gasteiger partial charge in [-0.1, -0.05) is 44.3 Å². The number of benzene rings is 1. The van der Waals surface area contributed by atoms with Crippen molar-refractivity contribution < 1.29 is 9.53 Å². The third-order valence-electron chi connectivity index (χ3n) is 4.03. The van der Waals surface area contributed by atoms with Gasteiger partial charge in [-0.15, -0.1) is 0 Å². The summed E-state index contributed by atoms with van der Waals surface area (Å²) in [4.78, 5) is 17.5. The molecule has 0 aliphatic rings. The first kappa shape index (κ1) is 19.1. The third kappa shape index (κ3) is 5.69. The Morgan fingerprint density at radius 1 is 1.20 bits per heavy atom. The van der Waals surface area contributed by atoms with Crippen molar-refractivity contribution in [2.24, 2.45) is 0 Å². The lowest BCUT2D eigenvalue weighted by molar-refractivity contribution is 0.0949. The van der Waals surface area contributed by atoms with Crippen molar-refractivity contribution >= 4 is 18.1 Å². The molecule has 1 aromatic carbocycles. The first-order valence-electron chi connectivity index (χ1n) is 8.54. The molecule has 0 saturated carbocycles. The molecular formula is C19H25N3O2S. The number of rotatable bonds is 9. The number of carbonyl (C=O) groups excluding carboxylic acids is 1. The summed E-state index contributed by atoms with van der Waals surface area (Å²) in [7, 11) is 0. The van der Waals surface area contributed by atoms with E-state index < -0.39 is 0 Å². The monoisotopic (exact) mass is 359 g/mol. The number of nitrogens with zero attached hydrogens (tertiary/aromatic N) is 1. The fourth-order valence-electron chi connectivity index (χ4n) is 2.49. The lowest BCUT2D eigenvalue weighted by atomic mass is 10.2. The SMILES string of the molecule is CCN(CC)CCOc1ccccc1CNC(=O)c1ccc[nH]c1=S. The third-order valence-corrected chi connectivity index (χ3v) is 4.37. The molecule has 0 saturated heterocycles. The number of aromatic nitrogens is 1. The Morgan fingerprint density at radius 2 is 1.96 bits per heavy atom. The zero-order valence-electron chi connectivity index (χ0n) is 14.7. The molecule has 0 aliphatic carbocycles. The van der Waals surface area contributed by atoms with Crippen LogP contribution >= 0.6 is 12.2 Å². The van der Waals surface area contributed by atoms with Crippen LogP contribution in [0, 0.1) is 4.64 Å². The highest BCUT2D eigenvalue weighted by molar-refractivity contribution is 7.71. The molecule has 0 fully saturated rings. The number of aromatic amines is 1. The number of para-hydroxylation sites is 1. The van der Waals surface area contributed by atoms with Crippen molar-refractivity contribution in [1.82, 2.24) is 15.2 Å². The number of likely N-dealkylation sites (N-methyl/N-ethyl adjacent to an activating group) is 1. The molecule has 0 atom stereocenters. The second-order valence-electron chi connectivity index (χ2n) is 5.58. The van der Waals surface area contributed by atoms with Crippen molar-refractivity contribution in [3.05, 3.63) is 58.4 Å². The van der Waals surface area contributed by atoms with Crippen molar-refractivity contribution in [3.63, 3.8) is 0 Å².